The number of ether oxygens (including phenoxy) is 1. The number of nitrogens with one attached hydrogen (secondary N) is 1. The maximum Gasteiger partial charge on any atom is 0.240 e. The van der Waals surface area contributed by atoms with Crippen molar-refractivity contribution in [2.24, 2.45) is 0 Å². The maximum absolute atomic E-state index is 12.4. The number of rotatable bonds is 5. The van der Waals surface area contributed by atoms with Crippen molar-refractivity contribution in [3.63, 3.8) is 0 Å². The van der Waals surface area contributed by atoms with Gasteiger partial charge in [0.15, 0.2) is 0 Å². The summed E-state index contributed by atoms with van der Waals surface area (Å²) in [6.07, 6.45) is 0. The number of sulfonamides is 1. The Bertz CT molecular complexity index is 834. The number of hydrogen-bond donors (Lipinski definition) is 1. The Morgan fingerprint density at radius 3 is 2.71 bits per heavy atom. The molecule has 2 aromatic carbocycles. The first-order valence-electron chi connectivity index (χ1n) is 8.01. The van der Waals surface area contributed by atoms with E-state index in [0.717, 1.165) is 29.1 Å². The second-order valence-corrected chi connectivity index (χ2v) is 7.71. The maximum atomic E-state index is 12.4. The first kappa shape index (κ1) is 16.8. The van der Waals surface area contributed by atoms with E-state index in [9.17, 15) is 8.42 Å². The summed E-state index contributed by atoms with van der Waals surface area (Å²) in [5.41, 5.74) is 3.06. The van der Waals surface area contributed by atoms with Crippen molar-refractivity contribution in [1.29, 1.82) is 0 Å². The van der Waals surface area contributed by atoms with Gasteiger partial charge < -0.3 is 9.64 Å². The molecule has 0 fully saturated rings. The number of hydrogen-bond acceptors (Lipinski definition) is 4. The van der Waals surface area contributed by atoms with Crippen LogP contribution in [0.15, 0.2) is 47.4 Å². The first-order valence-corrected chi connectivity index (χ1v) is 9.49. The quantitative estimate of drug-likeness (QED) is 0.904. The lowest BCUT2D eigenvalue weighted by Gasteiger charge is -2.31. The Balaban J connectivity index is 1.65. The van der Waals surface area contributed by atoms with Gasteiger partial charge in [0.05, 0.1) is 17.1 Å². The Hall–Kier alpha value is -2.05. The van der Waals surface area contributed by atoms with Crippen LogP contribution in [0.2, 0.25) is 0 Å². The molecule has 1 aliphatic heterocycles. The van der Waals surface area contributed by atoms with Crippen LogP contribution in [0.25, 0.3) is 0 Å². The molecule has 128 valence electrons. The summed E-state index contributed by atoms with van der Waals surface area (Å²) in [5.74, 6) is 0.848. The van der Waals surface area contributed by atoms with Gasteiger partial charge in [0, 0.05) is 13.1 Å². The van der Waals surface area contributed by atoms with Gasteiger partial charge in [-0.05, 0) is 49.2 Å². The fraction of sp³-hybridized carbons (Fsp3) is 0.333. The molecule has 0 radical (unpaired) electrons. The van der Waals surface area contributed by atoms with E-state index in [4.69, 9.17) is 4.74 Å². The summed E-state index contributed by atoms with van der Waals surface area (Å²) >= 11 is 0. The molecule has 6 heteroatoms. The normalized spacial score (nSPS) is 14.2. The van der Waals surface area contributed by atoms with Crippen LogP contribution >= 0.6 is 0 Å². The molecule has 1 N–H and O–H groups in total. The van der Waals surface area contributed by atoms with Crippen LogP contribution in [0, 0.1) is 13.8 Å². The van der Waals surface area contributed by atoms with Crippen molar-refractivity contribution >= 4 is 15.7 Å². The minimum atomic E-state index is -3.49. The summed E-state index contributed by atoms with van der Waals surface area (Å²) in [5, 5.41) is 0. The Morgan fingerprint density at radius 2 is 1.92 bits per heavy atom. The highest BCUT2D eigenvalue weighted by atomic mass is 32.2. The summed E-state index contributed by atoms with van der Waals surface area (Å²) in [4.78, 5) is 2.45. The van der Waals surface area contributed by atoms with Gasteiger partial charge in [0.2, 0.25) is 10.0 Å². The SMILES string of the molecule is Cc1ccc(S(=O)(=O)NCCN2CCOc3ccccc32)cc1C. The molecule has 5 nitrogen and oxygen atoms in total. The topological polar surface area (TPSA) is 58.6 Å². The molecule has 0 amide bonds. The lowest BCUT2D eigenvalue weighted by molar-refractivity contribution is 0.308. The van der Waals surface area contributed by atoms with Gasteiger partial charge in [0.25, 0.3) is 0 Å². The average molecular weight is 346 g/mol. The van der Waals surface area contributed by atoms with E-state index in [1.54, 1.807) is 12.1 Å². The fourth-order valence-corrected chi connectivity index (χ4v) is 3.84. The fourth-order valence-electron chi connectivity index (χ4n) is 2.74. The molecule has 0 unspecified atom stereocenters. The smallest absolute Gasteiger partial charge is 0.240 e. The molecular formula is C18H22N2O3S. The largest absolute Gasteiger partial charge is 0.490 e. The molecule has 3 rings (SSSR count). The minimum Gasteiger partial charge on any atom is -0.490 e. The van der Waals surface area contributed by atoms with Crippen LogP contribution in [0.3, 0.4) is 0 Å². The van der Waals surface area contributed by atoms with E-state index >= 15 is 0 Å². The first-order chi connectivity index (χ1) is 11.5. The summed E-state index contributed by atoms with van der Waals surface area (Å²) in [6.45, 7) is 6.20. The van der Waals surface area contributed by atoms with Gasteiger partial charge in [-0.1, -0.05) is 18.2 Å². The van der Waals surface area contributed by atoms with Crippen LogP contribution in [-0.2, 0) is 10.0 Å². The van der Waals surface area contributed by atoms with Gasteiger partial charge in [0.1, 0.15) is 12.4 Å². The van der Waals surface area contributed by atoms with E-state index in [1.807, 2.05) is 44.2 Å². The number of anilines is 1. The van der Waals surface area contributed by atoms with E-state index in [-0.39, 0.29) is 0 Å². The molecule has 0 saturated heterocycles. The second-order valence-electron chi connectivity index (χ2n) is 5.95. The van der Waals surface area contributed by atoms with Crippen molar-refractivity contribution in [2.45, 2.75) is 18.7 Å². The molecule has 0 aromatic heterocycles. The molecule has 1 heterocycles. The van der Waals surface area contributed by atoms with Crippen molar-refractivity contribution < 1.29 is 13.2 Å². The minimum absolute atomic E-state index is 0.313. The third kappa shape index (κ3) is 3.55. The molecule has 0 spiro atoms. The van der Waals surface area contributed by atoms with Crippen molar-refractivity contribution in [3.05, 3.63) is 53.6 Å². The van der Waals surface area contributed by atoms with Crippen molar-refractivity contribution in [1.82, 2.24) is 4.72 Å². The van der Waals surface area contributed by atoms with Crippen LogP contribution in [0.1, 0.15) is 11.1 Å². The molecule has 1 aliphatic rings. The number of benzene rings is 2. The lowest BCUT2D eigenvalue weighted by atomic mass is 10.1. The Morgan fingerprint density at radius 1 is 1.12 bits per heavy atom. The van der Waals surface area contributed by atoms with Crippen LogP contribution in [-0.4, -0.2) is 34.7 Å². The van der Waals surface area contributed by atoms with Gasteiger partial charge in [-0.25, -0.2) is 13.1 Å². The monoisotopic (exact) mass is 346 g/mol. The van der Waals surface area contributed by atoms with Gasteiger partial charge in [-0.2, -0.15) is 0 Å². The number of fused-ring (bicyclic) bond motifs is 1. The summed E-state index contributed by atoms with van der Waals surface area (Å²) in [7, 11) is -3.49. The molecule has 0 saturated carbocycles. The average Bonchev–Trinajstić information content (AvgIpc) is 2.57. The van der Waals surface area contributed by atoms with E-state index < -0.39 is 10.0 Å². The molecular weight excluding hydrogens is 324 g/mol. The van der Waals surface area contributed by atoms with Gasteiger partial charge in [-0.15, -0.1) is 0 Å². The lowest BCUT2D eigenvalue weighted by Crippen LogP contribution is -2.39. The summed E-state index contributed by atoms with van der Waals surface area (Å²) in [6, 6.07) is 13.0. The van der Waals surface area contributed by atoms with Crippen LogP contribution in [0.4, 0.5) is 5.69 Å². The van der Waals surface area contributed by atoms with Gasteiger partial charge >= 0.3 is 0 Å². The zero-order valence-electron chi connectivity index (χ0n) is 14.0. The zero-order chi connectivity index (χ0) is 17.2. The van der Waals surface area contributed by atoms with E-state index in [2.05, 4.69) is 9.62 Å². The van der Waals surface area contributed by atoms with Crippen LogP contribution < -0.4 is 14.4 Å². The Kier molecular flexibility index (Phi) is 4.78. The summed E-state index contributed by atoms with van der Waals surface area (Å²) < 4.78 is 33.2. The predicted octanol–water partition coefficient (Wildman–Crippen LogP) is 2.48. The number of para-hydroxylation sites is 2. The molecule has 0 aliphatic carbocycles. The highest BCUT2D eigenvalue weighted by Gasteiger charge is 2.19. The third-order valence-corrected chi connectivity index (χ3v) is 5.75. The highest BCUT2D eigenvalue weighted by Crippen LogP contribution is 2.30. The Labute approximate surface area is 143 Å². The van der Waals surface area contributed by atoms with Gasteiger partial charge in [-0.3, -0.25) is 0 Å². The second kappa shape index (κ2) is 6.83. The standard InChI is InChI=1S/C18H22N2O3S/c1-14-7-8-16(13-15(14)2)24(21,22)19-9-10-20-11-12-23-18-6-4-3-5-17(18)20/h3-8,13,19H,9-12H2,1-2H3. The van der Waals surface area contributed by atoms with Crippen molar-refractivity contribution in [3.8, 4) is 5.75 Å². The predicted molar refractivity (Wildman–Crippen MR) is 95.3 cm³/mol. The third-order valence-electron chi connectivity index (χ3n) is 4.29. The van der Waals surface area contributed by atoms with E-state index in [0.29, 0.717) is 24.6 Å². The van der Waals surface area contributed by atoms with Crippen molar-refractivity contribution in [2.75, 3.05) is 31.1 Å². The molecule has 0 bridgehead atoms. The number of aryl methyl sites for hydroxylation is 2. The number of nitrogens with zero attached hydrogens (tertiary/aromatic N) is 1. The van der Waals surface area contributed by atoms with E-state index in [1.165, 1.54) is 0 Å². The van der Waals surface area contributed by atoms with Crippen LogP contribution in [0.5, 0.6) is 5.75 Å². The molecule has 0 atom stereocenters. The molecule has 2 aromatic rings. The zero-order valence-corrected chi connectivity index (χ0v) is 14.8. The highest BCUT2D eigenvalue weighted by molar-refractivity contribution is 7.89. The molecule has 24 heavy (non-hydrogen) atoms.